The molecule has 1 aliphatic rings. The molecule has 1 aromatic heterocycles. The van der Waals surface area contributed by atoms with Crippen molar-refractivity contribution >= 4 is 11.7 Å². The maximum atomic E-state index is 12.2. The fourth-order valence-corrected chi connectivity index (χ4v) is 3.10. The number of hydrogen-bond acceptors (Lipinski definition) is 4. The Morgan fingerprint density at radius 3 is 2.84 bits per heavy atom. The molecule has 1 atom stereocenters. The molecule has 1 fully saturated rings. The van der Waals surface area contributed by atoms with E-state index >= 15 is 0 Å². The highest BCUT2D eigenvalue weighted by Crippen LogP contribution is 2.19. The average Bonchev–Trinajstić information content (AvgIpc) is 3.00. The number of nitrogens with one attached hydrogen (secondary N) is 1. The second-order valence-electron chi connectivity index (χ2n) is 6.50. The summed E-state index contributed by atoms with van der Waals surface area (Å²) in [6, 6.07) is 16.1. The Kier molecular flexibility index (Phi) is 5.30. The number of rotatable bonds is 6. The van der Waals surface area contributed by atoms with Crippen molar-refractivity contribution in [3.63, 3.8) is 0 Å². The van der Waals surface area contributed by atoms with Gasteiger partial charge < -0.3 is 10.2 Å². The molecule has 0 bridgehead atoms. The zero-order chi connectivity index (χ0) is 17.6. The molecular formula is C20H22N4O. The Bertz CT molecular complexity index is 782. The SMILES string of the molecule is Cc1ccc(NC[C@H]2CC(=O)N(CCc3ccccc3)C2)nc1C#N. The van der Waals surface area contributed by atoms with E-state index in [1.807, 2.05) is 42.2 Å². The van der Waals surface area contributed by atoms with Crippen molar-refractivity contribution in [3.8, 4) is 6.07 Å². The molecular weight excluding hydrogens is 312 g/mol. The summed E-state index contributed by atoms with van der Waals surface area (Å²) in [7, 11) is 0. The summed E-state index contributed by atoms with van der Waals surface area (Å²) >= 11 is 0. The molecule has 128 valence electrons. The predicted octanol–water partition coefficient (Wildman–Crippen LogP) is 2.76. The lowest BCUT2D eigenvalue weighted by Crippen LogP contribution is -2.28. The average molecular weight is 334 g/mol. The highest BCUT2D eigenvalue weighted by Gasteiger charge is 2.28. The molecule has 0 spiro atoms. The van der Waals surface area contributed by atoms with Gasteiger partial charge >= 0.3 is 0 Å². The zero-order valence-corrected chi connectivity index (χ0v) is 14.4. The van der Waals surface area contributed by atoms with Crippen LogP contribution in [0, 0.1) is 24.2 Å². The monoisotopic (exact) mass is 334 g/mol. The molecule has 25 heavy (non-hydrogen) atoms. The van der Waals surface area contributed by atoms with Crippen LogP contribution in [0.2, 0.25) is 0 Å². The van der Waals surface area contributed by atoms with E-state index in [1.54, 1.807) is 0 Å². The molecule has 1 amide bonds. The van der Waals surface area contributed by atoms with Crippen LogP contribution >= 0.6 is 0 Å². The number of pyridine rings is 1. The van der Waals surface area contributed by atoms with E-state index in [4.69, 9.17) is 5.26 Å². The summed E-state index contributed by atoms with van der Waals surface area (Å²) in [6.07, 6.45) is 1.45. The summed E-state index contributed by atoms with van der Waals surface area (Å²) in [5, 5.41) is 12.3. The smallest absolute Gasteiger partial charge is 0.223 e. The highest BCUT2D eigenvalue weighted by molar-refractivity contribution is 5.78. The minimum absolute atomic E-state index is 0.220. The van der Waals surface area contributed by atoms with E-state index < -0.39 is 0 Å². The fraction of sp³-hybridized carbons (Fsp3) is 0.350. The number of nitrogens with zero attached hydrogens (tertiary/aromatic N) is 3. The molecule has 0 aliphatic carbocycles. The van der Waals surface area contributed by atoms with Crippen molar-refractivity contribution < 1.29 is 4.79 Å². The van der Waals surface area contributed by atoms with Gasteiger partial charge in [-0.1, -0.05) is 36.4 Å². The highest BCUT2D eigenvalue weighted by atomic mass is 16.2. The number of likely N-dealkylation sites (tertiary alicyclic amines) is 1. The first-order valence-corrected chi connectivity index (χ1v) is 8.59. The van der Waals surface area contributed by atoms with E-state index in [-0.39, 0.29) is 11.8 Å². The van der Waals surface area contributed by atoms with E-state index in [9.17, 15) is 4.79 Å². The largest absolute Gasteiger partial charge is 0.370 e. The maximum Gasteiger partial charge on any atom is 0.223 e. The summed E-state index contributed by atoms with van der Waals surface area (Å²) < 4.78 is 0. The maximum absolute atomic E-state index is 12.2. The van der Waals surface area contributed by atoms with Gasteiger partial charge in [-0.05, 0) is 30.5 Å². The first-order valence-electron chi connectivity index (χ1n) is 8.59. The minimum Gasteiger partial charge on any atom is -0.370 e. The lowest BCUT2D eigenvalue weighted by Gasteiger charge is -2.17. The molecule has 0 saturated carbocycles. The molecule has 5 nitrogen and oxygen atoms in total. The topological polar surface area (TPSA) is 69.0 Å². The van der Waals surface area contributed by atoms with E-state index in [2.05, 4.69) is 28.5 Å². The van der Waals surface area contributed by atoms with Crippen LogP contribution in [0.3, 0.4) is 0 Å². The zero-order valence-electron chi connectivity index (χ0n) is 14.4. The third-order valence-corrected chi connectivity index (χ3v) is 4.58. The molecule has 1 aromatic carbocycles. The number of nitriles is 1. The molecule has 2 aromatic rings. The van der Waals surface area contributed by atoms with Crippen LogP contribution in [0.4, 0.5) is 5.82 Å². The van der Waals surface area contributed by atoms with Crippen molar-refractivity contribution in [1.82, 2.24) is 9.88 Å². The lowest BCUT2D eigenvalue weighted by atomic mass is 10.1. The van der Waals surface area contributed by atoms with E-state index in [0.717, 1.165) is 25.1 Å². The number of anilines is 1. The van der Waals surface area contributed by atoms with Crippen LogP contribution in [0.5, 0.6) is 0 Å². The number of aromatic nitrogens is 1. The number of benzene rings is 1. The quantitative estimate of drug-likeness (QED) is 0.882. The number of amides is 1. The van der Waals surface area contributed by atoms with Gasteiger partial charge in [0.05, 0.1) is 0 Å². The van der Waals surface area contributed by atoms with Crippen LogP contribution in [0.15, 0.2) is 42.5 Å². The molecule has 5 heteroatoms. The minimum atomic E-state index is 0.220. The van der Waals surface area contributed by atoms with Gasteiger partial charge in [0, 0.05) is 32.0 Å². The second-order valence-corrected chi connectivity index (χ2v) is 6.50. The fourth-order valence-electron chi connectivity index (χ4n) is 3.10. The van der Waals surface area contributed by atoms with Crippen molar-refractivity contribution in [3.05, 3.63) is 59.3 Å². The third kappa shape index (κ3) is 4.36. The van der Waals surface area contributed by atoms with Gasteiger partial charge in [-0.25, -0.2) is 4.98 Å². The number of hydrogen-bond donors (Lipinski definition) is 1. The Morgan fingerprint density at radius 2 is 2.08 bits per heavy atom. The molecule has 2 heterocycles. The van der Waals surface area contributed by atoms with Crippen molar-refractivity contribution in [2.45, 2.75) is 19.8 Å². The van der Waals surface area contributed by atoms with Gasteiger partial charge in [0.25, 0.3) is 0 Å². The summed E-state index contributed by atoms with van der Waals surface area (Å²) in [6.45, 7) is 4.10. The number of aryl methyl sites for hydroxylation is 1. The molecule has 1 saturated heterocycles. The van der Waals surface area contributed by atoms with E-state index in [1.165, 1.54) is 5.56 Å². The molecule has 1 aliphatic heterocycles. The number of carbonyl (C=O) groups is 1. The Morgan fingerprint density at radius 1 is 1.28 bits per heavy atom. The van der Waals surface area contributed by atoms with Crippen LogP contribution in [0.25, 0.3) is 0 Å². The summed E-state index contributed by atoms with van der Waals surface area (Å²) in [5.41, 5.74) is 2.57. The standard InChI is InChI=1S/C20H22N4O/c1-15-7-8-19(23-18(15)12-21)22-13-17-11-20(25)24(14-17)10-9-16-5-3-2-4-6-16/h2-8,17H,9-11,13-14H2,1H3,(H,22,23)/t17-/m1/s1. The van der Waals surface area contributed by atoms with Gasteiger partial charge in [-0.3, -0.25) is 4.79 Å². The van der Waals surface area contributed by atoms with Gasteiger partial charge in [0.2, 0.25) is 5.91 Å². The molecule has 1 N–H and O–H groups in total. The van der Waals surface area contributed by atoms with E-state index in [0.29, 0.717) is 24.5 Å². The van der Waals surface area contributed by atoms with Crippen LogP contribution in [0.1, 0.15) is 23.2 Å². The van der Waals surface area contributed by atoms with Crippen molar-refractivity contribution in [2.75, 3.05) is 25.0 Å². The van der Waals surface area contributed by atoms with Crippen LogP contribution in [-0.4, -0.2) is 35.4 Å². The van der Waals surface area contributed by atoms with Crippen molar-refractivity contribution in [2.24, 2.45) is 5.92 Å². The first-order chi connectivity index (χ1) is 12.2. The van der Waals surface area contributed by atoms with Crippen molar-refractivity contribution in [1.29, 1.82) is 5.26 Å². The molecule has 3 rings (SSSR count). The normalized spacial score (nSPS) is 16.7. The Labute approximate surface area is 148 Å². The van der Waals surface area contributed by atoms with Gasteiger partial charge in [-0.2, -0.15) is 5.26 Å². The van der Waals surface area contributed by atoms with Gasteiger partial charge in [0.1, 0.15) is 17.6 Å². The van der Waals surface area contributed by atoms with Crippen LogP contribution in [-0.2, 0) is 11.2 Å². The Balaban J connectivity index is 1.50. The molecule has 0 radical (unpaired) electrons. The van der Waals surface area contributed by atoms with Crippen LogP contribution < -0.4 is 5.32 Å². The lowest BCUT2D eigenvalue weighted by molar-refractivity contribution is -0.127. The molecule has 0 unspecified atom stereocenters. The first kappa shape index (κ1) is 17.0. The number of carbonyl (C=O) groups excluding carboxylic acids is 1. The summed E-state index contributed by atoms with van der Waals surface area (Å²) in [4.78, 5) is 18.4. The Hall–Kier alpha value is -2.87. The second kappa shape index (κ2) is 7.80. The summed E-state index contributed by atoms with van der Waals surface area (Å²) in [5.74, 6) is 1.19. The third-order valence-electron chi connectivity index (χ3n) is 4.58. The van der Waals surface area contributed by atoms with Gasteiger partial charge in [0.15, 0.2) is 0 Å². The predicted molar refractivity (Wildman–Crippen MR) is 97.0 cm³/mol. The van der Waals surface area contributed by atoms with Gasteiger partial charge in [-0.15, -0.1) is 0 Å².